The quantitative estimate of drug-likeness (QED) is 0.371. The van der Waals surface area contributed by atoms with Crippen molar-refractivity contribution in [1.29, 1.82) is 0 Å². The number of nitrogens with one attached hydrogen (secondary N) is 1. The summed E-state index contributed by atoms with van der Waals surface area (Å²) in [4.78, 5) is 4.71. The Bertz CT molecular complexity index is 927. The van der Waals surface area contributed by atoms with Crippen LogP contribution in [0.3, 0.4) is 0 Å². The zero-order valence-corrected chi connectivity index (χ0v) is 18.6. The van der Waals surface area contributed by atoms with Gasteiger partial charge in [-0.3, -0.25) is 0 Å². The fourth-order valence-corrected chi connectivity index (χ4v) is 4.21. The predicted octanol–water partition coefficient (Wildman–Crippen LogP) is 3.90. The van der Waals surface area contributed by atoms with Gasteiger partial charge in [-0.25, -0.2) is 13.4 Å². The molecule has 0 atom stereocenters. The summed E-state index contributed by atoms with van der Waals surface area (Å²) < 4.78 is 24.0. The van der Waals surface area contributed by atoms with Gasteiger partial charge in [0, 0.05) is 5.69 Å². The normalized spacial score (nSPS) is 14.2. The van der Waals surface area contributed by atoms with Crippen LogP contribution < -0.4 is 11.1 Å². The first-order valence-corrected chi connectivity index (χ1v) is 10.6. The number of rotatable bonds is 5. The van der Waals surface area contributed by atoms with Gasteiger partial charge in [0.25, 0.3) is 0 Å². The first-order valence-electron chi connectivity index (χ1n) is 8.99. The molecule has 2 aromatic carbocycles. The molecule has 0 amide bonds. The van der Waals surface area contributed by atoms with Gasteiger partial charge in [0.1, 0.15) is 0 Å². The molecule has 0 spiro atoms. The number of halogens is 1. The fraction of sp³-hybridized carbons (Fsp3) is 0.350. The maximum atomic E-state index is 12.0. The Kier molecular flexibility index (Phi) is 7.67. The van der Waals surface area contributed by atoms with E-state index >= 15 is 0 Å². The van der Waals surface area contributed by atoms with Crippen molar-refractivity contribution in [2.75, 3.05) is 11.1 Å². The first kappa shape index (κ1) is 21.7. The van der Waals surface area contributed by atoms with Gasteiger partial charge in [0.2, 0.25) is 0 Å². The molecule has 146 valence electrons. The Balaban J connectivity index is 0.00000261. The van der Waals surface area contributed by atoms with E-state index in [1.807, 2.05) is 18.2 Å². The van der Waals surface area contributed by atoms with Gasteiger partial charge in [0.15, 0.2) is 15.8 Å². The summed E-state index contributed by atoms with van der Waals surface area (Å²) in [5.41, 5.74) is 10.6. The molecule has 0 aliphatic heterocycles. The van der Waals surface area contributed by atoms with Crippen LogP contribution >= 0.6 is 24.0 Å². The summed E-state index contributed by atoms with van der Waals surface area (Å²) in [5, 5.41) is 3.21. The maximum Gasteiger partial charge on any atom is 0.193 e. The molecule has 0 bridgehead atoms. The lowest BCUT2D eigenvalue weighted by Gasteiger charge is -2.19. The molecule has 0 radical (unpaired) electrons. The molecule has 0 saturated carbocycles. The number of nitrogens with zero attached hydrogens (tertiary/aromatic N) is 1. The SMILES string of the molecule is CCS(=O)(=O)c1cccc(CN=C(N)Nc2cccc3c2CCCC3)c1.I. The van der Waals surface area contributed by atoms with Crippen LogP contribution in [-0.4, -0.2) is 20.1 Å². The third kappa shape index (κ3) is 5.44. The number of sulfone groups is 1. The van der Waals surface area contributed by atoms with Crippen molar-refractivity contribution < 1.29 is 8.42 Å². The number of nitrogens with two attached hydrogens (primary N) is 1. The van der Waals surface area contributed by atoms with Gasteiger partial charge in [-0.2, -0.15) is 0 Å². The van der Waals surface area contributed by atoms with Crippen molar-refractivity contribution in [3.8, 4) is 0 Å². The van der Waals surface area contributed by atoms with Gasteiger partial charge >= 0.3 is 0 Å². The lowest BCUT2D eigenvalue weighted by atomic mass is 9.90. The van der Waals surface area contributed by atoms with Gasteiger partial charge in [-0.15, -0.1) is 24.0 Å². The second-order valence-electron chi connectivity index (χ2n) is 6.53. The molecule has 0 saturated heterocycles. The molecule has 3 N–H and O–H groups in total. The highest BCUT2D eigenvalue weighted by Gasteiger charge is 2.13. The third-order valence-electron chi connectivity index (χ3n) is 4.73. The lowest BCUT2D eigenvalue weighted by molar-refractivity contribution is 0.597. The Morgan fingerprint density at radius 1 is 1.15 bits per heavy atom. The summed E-state index contributed by atoms with van der Waals surface area (Å²) in [6.45, 7) is 1.98. The zero-order chi connectivity index (χ0) is 18.6. The molecule has 1 aliphatic carbocycles. The third-order valence-corrected chi connectivity index (χ3v) is 6.46. The molecule has 0 fully saturated rings. The predicted molar refractivity (Wildman–Crippen MR) is 122 cm³/mol. The van der Waals surface area contributed by atoms with E-state index in [9.17, 15) is 8.42 Å². The average Bonchev–Trinajstić information content (AvgIpc) is 2.67. The van der Waals surface area contributed by atoms with Crippen molar-refractivity contribution in [3.05, 3.63) is 59.2 Å². The van der Waals surface area contributed by atoms with Crippen molar-refractivity contribution in [3.63, 3.8) is 0 Å². The maximum absolute atomic E-state index is 12.0. The van der Waals surface area contributed by atoms with Crippen LogP contribution in [0.5, 0.6) is 0 Å². The van der Waals surface area contributed by atoms with E-state index in [1.165, 1.54) is 24.0 Å². The van der Waals surface area contributed by atoms with Crippen molar-refractivity contribution >= 4 is 45.5 Å². The van der Waals surface area contributed by atoms with E-state index in [4.69, 9.17) is 5.73 Å². The van der Waals surface area contributed by atoms with E-state index in [1.54, 1.807) is 25.1 Å². The van der Waals surface area contributed by atoms with E-state index < -0.39 is 9.84 Å². The molecule has 5 nitrogen and oxygen atoms in total. The zero-order valence-electron chi connectivity index (χ0n) is 15.4. The van der Waals surface area contributed by atoms with Crippen molar-refractivity contribution in [2.45, 2.75) is 44.0 Å². The van der Waals surface area contributed by atoms with Crippen LogP contribution in [0, 0.1) is 0 Å². The van der Waals surface area contributed by atoms with E-state index in [0.717, 1.165) is 24.1 Å². The molecule has 3 rings (SSSR count). The first-order chi connectivity index (χ1) is 12.5. The fourth-order valence-electron chi connectivity index (χ4n) is 3.26. The van der Waals surface area contributed by atoms with E-state index in [-0.39, 0.29) is 29.7 Å². The summed E-state index contributed by atoms with van der Waals surface area (Å²) in [6, 6.07) is 13.1. The number of anilines is 1. The van der Waals surface area contributed by atoms with E-state index in [0.29, 0.717) is 17.4 Å². The summed E-state index contributed by atoms with van der Waals surface area (Å²) >= 11 is 0. The second-order valence-corrected chi connectivity index (χ2v) is 8.81. The highest BCUT2D eigenvalue weighted by atomic mass is 127. The largest absolute Gasteiger partial charge is 0.370 e. The Hall–Kier alpha value is -1.61. The molecule has 1 aliphatic rings. The molecular formula is C20H26IN3O2S. The summed E-state index contributed by atoms with van der Waals surface area (Å²) in [7, 11) is -3.21. The van der Waals surface area contributed by atoms with Crippen LogP contribution in [0.25, 0.3) is 0 Å². The summed E-state index contributed by atoms with van der Waals surface area (Å²) in [5.74, 6) is 0.426. The number of aryl methyl sites for hydroxylation is 1. The molecule has 0 unspecified atom stereocenters. The van der Waals surface area contributed by atoms with Crippen LogP contribution in [0.4, 0.5) is 5.69 Å². The molecular weight excluding hydrogens is 473 g/mol. The highest BCUT2D eigenvalue weighted by Crippen LogP contribution is 2.27. The lowest BCUT2D eigenvalue weighted by Crippen LogP contribution is -2.24. The van der Waals surface area contributed by atoms with Crippen molar-refractivity contribution in [1.82, 2.24) is 0 Å². The van der Waals surface area contributed by atoms with Crippen LogP contribution in [0.15, 0.2) is 52.4 Å². The topological polar surface area (TPSA) is 84.5 Å². The average molecular weight is 499 g/mol. The number of guanidine groups is 1. The van der Waals surface area contributed by atoms with Gasteiger partial charge in [0.05, 0.1) is 17.2 Å². The highest BCUT2D eigenvalue weighted by molar-refractivity contribution is 14.0. The second kappa shape index (κ2) is 9.54. The number of hydrogen-bond acceptors (Lipinski definition) is 3. The summed E-state index contributed by atoms with van der Waals surface area (Å²) in [6.07, 6.45) is 4.60. The molecule has 7 heteroatoms. The van der Waals surface area contributed by atoms with Crippen LogP contribution in [0.1, 0.15) is 36.5 Å². The number of hydrogen-bond donors (Lipinski definition) is 2. The monoisotopic (exact) mass is 499 g/mol. The van der Waals surface area contributed by atoms with E-state index in [2.05, 4.69) is 16.4 Å². The standard InChI is InChI=1S/C20H25N3O2S.HI/c1-2-26(24,25)17-10-5-7-15(13-17)14-22-20(21)23-19-12-6-9-16-8-3-4-11-18(16)19;/h5-7,9-10,12-13H,2-4,8,11,14H2,1H3,(H3,21,22,23);1H. The molecule has 0 aromatic heterocycles. The van der Waals surface area contributed by atoms with Gasteiger partial charge < -0.3 is 11.1 Å². The molecule has 2 aromatic rings. The smallest absolute Gasteiger partial charge is 0.193 e. The number of fused-ring (bicyclic) bond motifs is 1. The minimum absolute atomic E-state index is 0. The Labute approximate surface area is 178 Å². The van der Waals surface area contributed by atoms with Crippen LogP contribution in [0.2, 0.25) is 0 Å². The van der Waals surface area contributed by atoms with Crippen molar-refractivity contribution in [2.24, 2.45) is 10.7 Å². The van der Waals surface area contributed by atoms with Crippen LogP contribution in [-0.2, 0) is 29.2 Å². The Morgan fingerprint density at radius 2 is 1.89 bits per heavy atom. The molecule has 27 heavy (non-hydrogen) atoms. The number of benzene rings is 2. The Morgan fingerprint density at radius 3 is 2.67 bits per heavy atom. The van der Waals surface area contributed by atoms with Gasteiger partial charge in [-0.05, 0) is 60.6 Å². The minimum atomic E-state index is -3.21. The number of aliphatic imine (C=N–C) groups is 1. The molecule has 0 heterocycles. The van der Waals surface area contributed by atoms with Gasteiger partial charge in [-0.1, -0.05) is 31.2 Å². The minimum Gasteiger partial charge on any atom is -0.370 e.